The fourth-order valence-corrected chi connectivity index (χ4v) is 2.61. The fourth-order valence-electron chi connectivity index (χ4n) is 2.61. The van der Waals surface area contributed by atoms with Crippen molar-refractivity contribution in [2.45, 2.75) is 31.0 Å². The van der Waals surface area contributed by atoms with E-state index in [4.69, 9.17) is 15.7 Å². The van der Waals surface area contributed by atoms with Gasteiger partial charge in [-0.15, -0.1) is 0 Å². The number of nitrogens with two attached hydrogens (primary N) is 1. The van der Waals surface area contributed by atoms with Gasteiger partial charge in [0.25, 0.3) is 0 Å². The van der Waals surface area contributed by atoms with Gasteiger partial charge in [-0.05, 0) is 12.8 Å². The molecular weight excluding hydrogens is 210 g/mol. The van der Waals surface area contributed by atoms with Crippen molar-refractivity contribution in [1.29, 1.82) is 0 Å². The summed E-state index contributed by atoms with van der Waals surface area (Å²) in [6.45, 7) is 2.69. The summed E-state index contributed by atoms with van der Waals surface area (Å²) >= 11 is 0. The van der Waals surface area contributed by atoms with E-state index in [1.54, 1.807) is 0 Å². The van der Waals surface area contributed by atoms with Crippen LogP contribution in [0.4, 0.5) is 0 Å². The number of oxime groups is 1. The summed E-state index contributed by atoms with van der Waals surface area (Å²) in [5, 5.41) is 21.1. The van der Waals surface area contributed by atoms with Gasteiger partial charge in [0.05, 0.1) is 18.2 Å². The molecule has 6 heteroatoms. The number of likely N-dealkylation sites (tertiary alicyclic amines) is 1. The predicted octanol–water partition coefficient (Wildman–Crippen LogP) is -0.651. The molecule has 0 saturated carbocycles. The third-order valence-corrected chi connectivity index (χ3v) is 3.38. The Morgan fingerprint density at radius 1 is 1.62 bits per heavy atom. The van der Waals surface area contributed by atoms with Gasteiger partial charge in [-0.3, -0.25) is 4.90 Å². The van der Waals surface area contributed by atoms with Crippen molar-refractivity contribution < 1.29 is 15.1 Å². The summed E-state index contributed by atoms with van der Waals surface area (Å²) in [5.74, 6) is 0.216. The summed E-state index contributed by atoms with van der Waals surface area (Å²) in [6.07, 6.45) is 2.07. The summed E-state index contributed by atoms with van der Waals surface area (Å²) in [4.78, 5) is 2.09. The van der Waals surface area contributed by atoms with E-state index in [1.165, 1.54) is 0 Å². The summed E-state index contributed by atoms with van der Waals surface area (Å²) in [5.41, 5.74) is 5.25. The van der Waals surface area contributed by atoms with Crippen molar-refractivity contribution in [3.63, 3.8) is 0 Å². The number of hydrogen-bond donors (Lipinski definition) is 3. The maximum Gasteiger partial charge on any atom is 0.153 e. The second-order valence-electron chi connectivity index (χ2n) is 4.73. The number of hydrogen-bond acceptors (Lipinski definition) is 5. The van der Waals surface area contributed by atoms with Crippen molar-refractivity contribution in [1.82, 2.24) is 4.90 Å². The Labute approximate surface area is 94.7 Å². The number of aliphatic hydroxyl groups excluding tert-OH is 1. The Hall–Kier alpha value is -0.850. The second kappa shape index (κ2) is 4.57. The van der Waals surface area contributed by atoms with Crippen LogP contribution in [0.1, 0.15) is 19.3 Å². The second-order valence-corrected chi connectivity index (χ2v) is 4.73. The van der Waals surface area contributed by atoms with Gasteiger partial charge in [0.1, 0.15) is 0 Å². The molecule has 92 valence electrons. The highest BCUT2D eigenvalue weighted by Crippen LogP contribution is 2.33. The highest BCUT2D eigenvalue weighted by molar-refractivity contribution is 5.81. The van der Waals surface area contributed by atoms with Gasteiger partial charge in [-0.25, -0.2) is 0 Å². The van der Waals surface area contributed by atoms with E-state index in [9.17, 15) is 5.11 Å². The lowest BCUT2D eigenvalue weighted by Crippen LogP contribution is -2.45. The Kier molecular flexibility index (Phi) is 3.32. The molecule has 16 heavy (non-hydrogen) atoms. The maximum atomic E-state index is 9.66. The first-order valence-electron chi connectivity index (χ1n) is 5.64. The van der Waals surface area contributed by atoms with Crippen molar-refractivity contribution in [3.8, 4) is 0 Å². The molecule has 0 bridgehead atoms. The molecule has 2 rings (SSSR count). The van der Waals surface area contributed by atoms with Crippen LogP contribution in [0.2, 0.25) is 0 Å². The van der Waals surface area contributed by atoms with Crippen LogP contribution >= 0.6 is 0 Å². The largest absolute Gasteiger partial charge is 0.409 e. The van der Waals surface area contributed by atoms with E-state index in [-0.39, 0.29) is 17.5 Å². The topological polar surface area (TPSA) is 91.3 Å². The number of rotatable bonds is 2. The lowest BCUT2D eigenvalue weighted by atomic mass is 9.91. The van der Waals surface area contributed by atoms with Crippen LogP contribution in [0.5, 0.6) is 0 Å². The minimum absolute atomic E-state index is 0.215. The molecule has 6 nitrogen and oxygen atoms in total. The molecule has 1 spiro atoms. The molecule has 4 N–H and O–H groups in total. The van der Waals surface area contributed by atoms with E-state index in [0.29, 0.717) is 19.6 Å². The van der Waals surface area contributed by atoms with Crippen molar-refractivity contribution in [2.75, 3.05) is 26.2 Å². The van der Waals surface area contributed by atoms with Crippen LogP contribution in [0.25, 0.3) is 0 Å². The van der Waals surface area contributed by atoms with Crippen LogP contribution in [0.3, 0.4) is 0 Å². The standard InChI is InChI=1S/C10H19N3O3/c11-9(12-15)6-13-3-2-10(7-13)5-8(14)1-4-16-10/h8,14-15H,1-7H2,(H2,11,12)/t8-,10-/m1/s1. The SMILES string of the molecule is NC(CN1CC[C@@]2(C[C@H](O)CCO2)C1)=NO. The van der Waals surface area contributed by atoms with Gasteiger partial charge in [-0.2, -0.15) is 0 Å². The zero-order valence-corrected chi connectivity index (χ0v) is 9.30. The molecule has 0 unspecified atom stereocenters. The van der Waals surface area contributed by atoms with Crippen LogP contribution in [0, 0.1) is 0 Å². The number of aliphatic hydroxyl groups is 1. The number of amidine groups is 1. The lowest BCUT2D eigenvalue weighted by molar-refractivity contribution is -0.110. The van der Waals surface area contributed by atoms with Crippen molar-refractivity contribution in [3.05, 3.63) is 0 Å². The first kappa shape index (κ1) is 11.6. The molecule has 2 heterocycles. The van der Waals surface area contributed by atoms with Gasteiger partial charge in [0, 0.05) is 26.1 Å². The van der Waals surface area contributed by atoms with Gasteiger partial charge in [0.15, 0.2) is 5.84 Å². The lowest BCUT2D eigenvalue weighted by Gasteiger charge is -2.36. The first-order chi connectivity index (χ1) is 7.63. The maximum absolute atomic E-state index is 9.66. The molecule has 0 amide bonds. The fraction of sp³-hybridized carbons (Fsp3) is 0.900. The molecule has 2 atom stereocenters. The summed E-state index contributed by atoms with van der Waals surface area (Å²) < 4.78 is 5.80. The van der Waals surface area contributed by atoms with E-state index >= 15 is 0 Å². The van der Waals surface area contributed by atoms with Gasteiger partial charge in [-0.1, -0.05) is 5.16 Å². The average molecular weight is 229 g/mol. The molecule has 2 aliphatic rings. The molecule has 0 aliphatic carbocycles. The minimum Gasteiger partial charge on any atom is -0.409 e. The van der Waals surface area contributed by atoms with Crippen LogP contribution in [0.15, 0.2) is 5.16 Å². The molecule has 2 fully saturated rings. The highest BCUT2D eigenvalue weighted by atomic mass is 16.5. The monoisotopic (exact) mass is 229 g/mol. The van der Waals surface area contributed by atoms with Gasteiger partial charge in [0.2, 0.25) is 0 Å². The molecule has 0 aromatic rings. The number of ether oxygens (including phenoxy) is 1. The number of nitrogens with zero attached hydrogens (tertiary/aromatic N) is 2. The van der Waals surface area contributed by atoms with Crippen LogP contribution < -0.4 is 5.73 Å². The van der Waals surface area contributed by atoms with E-state index in [0.717, 1.165) is 25.9 Å². The molecule has 2 saturated heterocycles. The molecule has 0 radical (unpaired) electrons. The minimum atomic E-state index is -0.252. The van der Waals surface area contributed by atoms with E-state index in [2.05, 4.69) is 10.1 Å². The van der Waals surface area contributed by atoms with Crippen LogP contribution in [-0.2, 0) is 4.74 Å². The van der Waals surface area contributed by atoms with Crippen molar-refractivity contribution >= 4 is 5.84 Å². The Balaban J connectivity index is 1.91. The Morgan fingerprint density at radius 3 is 3.12 bits per heavy atom. The molecular formula is C10H19N3O3. The smallest absolute Gasteiger partial charge is 0.153 e. The van der Waals surface area contributed by atoms with Gasteiger partial charge >= 0.3 is 0 Å². The van der Waals surface area contributed by atoms with Gasteiger partial charge < -0.3 is 20.8 Å². The summed E-state index contributed by atoms with van der Waals surface area (Å²) in [6, 6.07) is 0. The molecule has 0 aromatic carbocycles. The Morgan fingerprint density at radius 2 is 2.44 bits per heavy atom. The van der Waals surface area contributed by atoms with E-state index in [1.807, 2.05) is 0 Å². The average Bonchev–Trinajstić information content (AvgIpc) is 2.60. The quantitative estimate of drug-likeness (QED) is 0.253. The highest BCUT2D eigenvalue weighted by Gasteiger charge is 2.42. The summed E-state index contributed by atoms with van der Waals surface area (Å²) in [7, 11) is 0. The first-order valence-corrected chi connectivity index (χ1v) is 5.64. The normalized spacial score (nSPS) is 37.1. The van der Waals surface area contributed by atoms with Crippen LogP contribution in [-0.4, -0.2) is 59.0 Å². The zero-order chi connectivity index (χ0) is 11.6. The Bertz CT molecular complexity index is 284. The molecule has 2 aliphatic heterocycles. The third kappa shape index (κ3) is 2.45. The predicted molar refractivity (Wildman–Crippen MR) is 58.4 cm³/mol. The van der Waals surface area contributed by atoms with Crippen molar-refractivity contribution in [2.24, 2.45) is 10.9 Å². The van der Waals surface area contributed by atoms with E-state index < -0.39 is 0 Å². The zero-order valence-electron chi connectivity index (χ0n) is 9.30. The third-order valence-electron chi connectivity index (χ3n) is 3.38. The molecule has 0 aromatic heterocycles.